The Labute approximate surface area is 110 Å². The molecule has 2 aromatic heterocycles. The molecule has 0 saturated heterocycles. The number of hydrogen-bond donors (Lipinski definition) is 1. The first kappa shape index (κ1) is 11.0. The van der Waals surface area contributed by atoms with E-state index < -0.39 is 0 Å². The van der Waals surface area contributed by atoms with Gasteiger partial charge in [-0.25, -0.2) is 4.98 Å². The van der Waals surface area contributed by atoms with Crippen LogP contribution < -0.4 is 5.73 Å². The number of nitrogens with two attached hydrogens (primary N) is 1. The molecule has 0 aliphatic carbocycles. The van der Waals surface area contributed by atoms with Gasteiger partial charge in [-0.3, -0.25) is 0 Å². The van der Waals surface area contributed by atoms with Gasteiger partial charge in [0.1, 0.15) is 5.82 Å². The Morgan fingerprint density at radius 1 is 1.17 bits per heavy atom. The summed E-state index contributed by atoms with van der Waals surface area (Å²) in [5.41, 5.74) is 7.56. The zero-order valence-electron chi connectivity index (χ0n) is 9.78. The van der Waals surface area contributed by atoms with Crippen molar-refractivity contribution in [1.82, 2.24) is 9.55 Å². The molecule has 0 unspecified atom stereocenters. The van der Waals surface area contributed by atoms with Crippen molar-refractivity contribution in [2.24, 2.45) is 0 Å². The number of nitrogen functional groups attached to an aromatic ring is 1. The van der Waals surface area contributed by atoms with E-state index in [1.54, 1.807) is 11.3 Å². The zero-order chi connectivity index (χ0) is 12.4. The summed E-state index contributed by atoms with van der Waals surface area (Å²) in [7, 11) is 0. The number of benzene rings is 1. The lowest BCUT2D eigenvalue weighted by Crippen LogP contribution is -1.99. The van der Waals surface area contributed by atoms with Gasteiger partial charge in [-0.05, 0) is 35.7 Å². The zero-order valence-corrected chi connectivity index (χ0v) is 10.6. The fraction of sp³-hybridized carbons (Fsp3) is 0.0714. The SMILES string of the molecule is Nc1ccc(-c2nccn2Cc2cccs2)cc1. The molecule has 18 heavy (non-hydrogen) atoms. The Bertz CT molecular complexity index is 623. The van der Waals surface area contributed by atoms with E-state index in [9.17, 15) is 0 Å². The van der Waals surface area contributed by atoms with Gasteiger partial charge in [-0.1, -0.05) is 6.07 Å². The topological polar surface area (TPSA) is 43.8 Å². The standard InChI is InChI=1S/C14H13N3S/c15-12-5-3-11(4-6-12)14-16-7-8-17(14)10-13-2-1-9-18-13/h1-9H,10,15H2. The van der Waals surface area contributed by atoms with Crippen molar-refractivity contribution >= 4 is 17.0 Å². The molecule has 0 bridgehead atoms. The van der Waals surface area contributed by atoms with Crippen molar-refractivity contribution in [3.05, 3.63) is 59.0 Å². The van der Waals surface area contributed by atoms with Crippen LogP contribution in [0.4, 0.5) is 5.69 Å². The van der Waals surface area contributed by atoms with Gasteiger partial charge in [0.25, 0.3) is 0 Å². The molecule has 0 amide bonds. The lowest BCUT2D eigenvalue weighted by atomic mass is 10.2. The van der Waals surface area contributed by atoms with Gasteiger partial charge in [0.2, 0.25) is 0 Å². The summed E-state index contributed by atoms with van der Waals surface area (Å²) in [4.78, 5) is 5.75. The quantitative estimate of drug-likeness (QED) is 0.730. The van der Waals surface area contributed by atoms with Gasteiger partial charge in [0.05, 0.1) is 6.54 Å². The van der Waals surface area contributed by atoms with Gasteiger partial charge >= 0.3 is 0 Å². The smallest absolute Gasteiger partial charge is 0.140 e. The molecule has 0 atom stereocenters. The molecule has 0 radical (unpaired) electrons. The van der Waals surface area contributed by atoms with Gasteiger partial charge in [0, 0.05) is 28.5 Å². The maximum absolute atomic E-state index is 5.70. The number of nitrogens with zero attached hydrogens (tertiary/aromatic N) is 2. The predicted octanol–water partition coefficient (Wildman–Crippen LogP) is 3.24. The lowest BCUT2D eigenvalue weighted by molar-refractivity contribution is 0.820. The van der Waals surface area contributed by atoms with Crippen LogP contribution in [-0.4, -0.2) is 9.55 Å². The molecule has 0 spiro atoms. The Kier molecular flexibility index (Phi) is 2.86. The normalized spacial score (nSPS) is 10.7. The molecule has 2 N–H and O–H groups in total. The van der Waals surface area contributed by atoms with Crippen molar-refractivity contribution in [2.75, 3.05) is 5.73 Å². The highest BCUT2D eigenvalue weighted by atomic mass is 32.1. The molecule has 0 saturated carbocycles. The van der Waals surface area contributed by atoms with E-state index in [4.69, 9.17) is 5.73 Å². The summed E-state index contributed by atoms with van der Waals surface area (Å²) in [5, 5.41) is 2.09. The number of hydrogen-bond acceptors (Lipinski definition) is 3. The summed E-state index contributed by atoms with van der Waals surface area (Å²) in [6.07, 6.45) is 3.84. The highest BCUT2D eigenvalue weighted by Gasteiger charge is 2.06. The molecule has 2 heterocycles. The minimum Gasteiger partial charge on any atom is -0.399 e. The third-order valence-electron chi connectivity index (χ3n) is 2.79. The fourth-order valence-electron chi connectivity index (χ4n) is 1.90. The molecular formula is C14H13N3S. The van der Waals surface area contributed by atoms with Crippen LogP contribution in [0.25, 0.3) is 11.4 Å². The van der Waals surface area contributed by atoms with Crippen LogP contribution in [0, 0.1) is 0 Å². The predicted molar refractivity (Wildman–Crippen MR) is 75.5 cm³/mol. The lowest BCUT2D eigenvalue weighted by Gasteiger charge is -2.06. The summed E-state index contributed by atoms with van der Waals surface area (Å²) in [6, 6.07) is 12.0. The second-order valence-corrected chi connectivity index (χ2v) is 5.11. The third-order valence-corrected chi connectivity index (χ3v) is 3.65. The maximum Gasteiger partial charge on any atom is 0.140 e. The van der Waals surface area contributed by atoms with E-state index in [1.807, 2.05) is 36.7 Å². The molecule has 0 aliphatic rings. The molecule has 1 aromatic carbocycles. The summed E-state index contributed by atoms with van der Waals surface area (Å²) < 4.78 is 2.15. The van der Waals surface area contributed by atoms with E-state index in [0.717, 1.165) is 23.6 Å². The highest BCUT2D eigenvalue weighted by Crippen LogP contribution is 2.21. The van der Waals surface area contributed by atoms with Crippen LogP contribution in [0.1, 0.15) is 4.88 Å². The van der Waals surface area contributed by atoms with E-state index in [2.05, 4.69) is 27.1 Å². The van der Waals surface area contributed by atoms with E-state index in [-0.39, 0.29) is 0 Å². The summed E-state index contributed by atoms with van der Waals surface area (Å²) in [6.45, 7) is 0.859. The highest BCUT2D eigenvalue weighted by molar-refractivity contribution is 7.09. The number of rotatable bonds is 3. The molecule has 90 valence electrons. The first-order valence-electron chi connectivity index (χ1n) is 5.72. The van der Waals surface area contributed by atoms with Crippen LogP contribution in [0.3, 0.4) is 0 Å². The molecule has 3 nitrogen and oxygen atoms in total. The van der Waals surface area contributed by atoms with Crippen molar-refractivity contribution in [3.63, 3.8) is 0 Å². The summed E-state index contributed by atoms with van der Waals surface area (Å²) >= 11 is 1.76. The average Bonchev–Trinajstić information content (AvgIpc) is 3.02. The Morgan fingerprint density at radius 3 is 2.72 bits per heavy atom. The Morgan fingerprint density at radius 2 is 2.00 bits per heavy atom. The van der Waals surface area contributed by atoms with Gasteiger partial charge in [-0.15, -0.1) is 11.3 Å². The molecule has 0 aliphatic heterocycles. The average molecular weight is 255 g/mol. The first-order chi connectivity index (χ1) is 8.83. The molecular weight excluding hydrogens is 242 g/mol. The Balaban J connectivity index is 1.94. The second kappa shape index (κ2) is 4.66. The molecule has 4 heteroatoms. The van der Waals surface area contributed by atoms with Crippen molar-refractivity contribution in [3.8, 4) is 11.4 Å². The van der Waals surface area contributed by atoms with Crippen LogP contribution in [-0.2, 0) is 6.54 Å². The van der Waals surface area contributed by atoms with Crippen molar-refractivity contribution in [2.45, 2.75) is 6.54 Å². The van der Waals surface area contributed by atoms with Gasteiger partial charge < -0.3 is 10.3 Å². The molecule has 0 fully saturated rings. The number of anilines is 1. The largest absolute Gasteiger partial charge is 0.399 e. The summed E-state index contributed by atoms with van der Waals surface area (Å²) in [5.74, 6) is 0.975. The molecule has 3 rings (SSSR count). The molecule has 3 aromatic rings. The first-order valence-corrected chi connectivity index (χ1v) is 6.60. The number of aromatic nitrogens is 2. The van der Waals surface area contributed by atoms with Crippen LogP contribution in [0.15, 0.2) is 54.2 Å². The third kappa shape index (κ3) is 2.15. The number of thiophene rings is 1. The minimum atomic E-state index is 0.773. The number of imidazole rings is 1. The monoisotopic (exact) mass is 255 g/mol. The fourth-order valence-corrected chi connectivity index (χ4v) is 2.60. The van der Waals surface area contributed by atoms with E-state index in [0.29, 0.717) is 0 Å². The second-order valence-electron chi connectivity index (χ2n) is 4.08. The van der Waals surface area contributed by atoms with Crippen LogP contribution in [0.5, 0.6) is 0 Å². The van der Waals surface area contributed by atoms with E-state index >= 15 is 0 Å². The van der Waals surface area contributed by atoms with E-state index in [1.165, 1.54) is 4.88 Å². The van der Waals surface area contributed by atoms with Crippen LogP contribution in [0.2, 0.25) is 0 Å². The van der Waals surface area contributed by atoms with Gasteiger partial charge in [0.15, 0.2) is 0 Å². The van der Waals surface area contributed by atoms with Crippen molar-refractivity contribution in [1.29, 1.82) is 0 Å². The Hall–Kier alpha value is -2.07. The van der Waals surface area contributed by atoms with Crippen molar-refractivity contribution < 1.29 is 0 Å². The van der Waals surface area contributed by atoms with Crippen LogP contribution >= 0.6 is 11.3 Å². The minimum absolute atomic E-state index is 0.773. The maximum atomic E-state index is 5.70. The van der Waals surface area contributed by atoms with Gasteiger partial charge in [-0.2, -0.15) is 0 Å².